The summed E-state index contributed by atoms with van der Waals surface area (Å²) in [6.45, 7) is 9.44. The average molecular weight is 744 g/mol. The van der Waals surface area contributed by atoms with Crippen molar-refractivity contribution in [3.8, 4) is 0 Å². The molecule has 2 N–H and O–H groups in total. The number of benzene rings is 4. The fourth-order valence-corrected chi connectivity index (χ4v) is 6.75. The first-order valence-corrected chi connectivity index (χ1v) is 18.7. The van der Waals surface area contributed by atoms with E-state index in [1.165, 1.54) is 11.4 Å². The third kappa shape index (κ3) is 8.95. The van der Waals surface area contributed by atoms with Gasteiger partial charge in [-0.05, 0) is 43.3 Å². The number of carbonyl (C=O) groups excluding carboxylic acids is 1. The van der Waals surface area contributed by atoms with Crippen molar-refractivity contribution in [2.45, 2.75) is 19.5 Å². The van der Waals surface area contributed by atoms with Gasteiger partial charge >= 0.3 is 0 Å². The molecule has 8 rings (SSSR count). The lowest BCUT2D eigenvalue weighted by molar-refractivity contribution is -0.600. The van der Waals surface area contributed by atoms with E-state index in [4.69, 9.17) is 34.5 Å². The number of piperazine rings is 2. The molecule has 1 amide bonds. The molecular weight excluding hydrogens is 699 g/mol. The first-order chi connectivity index (χ1) is 27.1. The second kappa shape index (κ2) is 17.1. The van der Waals surface area contributed by atoms with Crippen LogP contribution >= 0.6 is 0 Å². The van der Waals surface area contributed by atoms with Crippen molar-refractivity contribution in [3.63, 3.8) is 0 Å². The first kappa shape index (κ1) is 36.2. The smallest absolute Gasteiger partial charge is 0.251 e. The van der Waals surface area contributed by atoms with Crippen LogP contribution in [0.1, 0.15) is 39.6 Å². The zero-order valence-corrected chi connectivity index (χ0v) is 30.8. The maximum Gasteiger partial charge on any atom is 0.251 e. The molecule has 3 fully saturated rings. The molecule has 0 unspecified atom stereocenters. The summed E-state index contributed by atoms with van der Waals surface area (Å²) in [5.41, 5.74) is 5.48. The number of aromatic nitrogens is 3. The van der Waals surface area contributed by atoms with Gasteiger partial charge in [-0.15, -0.1) is 0 Å². The largest absolute Gasteiger partial charge is 0.368 e. The number of para-hydroxylation sites is 2. The van der Waals surface area contributed by atoms with Crippen LogP contribution in [0.3, 0.4) is 0 Å². The summed E-state index contributed by atoms with van der Waals surface area (Å²) in [5, 5.41) is 6.31. The Morgan fingerprint density at radius 3 is 1.47 bits per heavy atom. The Balaban J connectivity index is 0.862. The van der Waals surface area contributed by atoms with Crippen LogP contribution < -0.4 is 30.2 Å². The van der Waals surface area contributed by atoms with Gasteiger partial charge in [0, 0.05) is 93.5 Å². The molecule has 14 nitrogen and oxygen atoms in total. The maximum absolute atomic E-state index is 13.0. The van der Waals surface area contributed by atoms with Crippen LogP contribution in [0.5, 0.6) is 0 Å². The zero-order chi connectivity index (χ0) is 37.4. The van der Waals surface area contributed by atoms with Crippen LogP contribution in [-0.2, 0) is 19.6 Å². The Labute approximate surface area is 320 Å². The summed E-state index contributed by atoms with van der Waals surface area (Å²) in [6.07, 6.45) is -1.68. The van der Waals surface area contributed by atoms with Crippen molar-refractivity contribution in [1.82, 2.24) is 20.3 Å². The number of rotatable bonds is 11. The Morgan fingerprint density at radius 1 is 0.564 bits per heavy atom. The van der Waals surface area contributed by atoms with Crippen molar-refractivity contribution in [3.05, 3.63) is 131 Å². The highest BCUT2D eigenvalue weighted by molar-refractivity contribution is 5.94. The van der Waals surface area contributed by atoms with Crippen molar-refractivity contribution in [2.75, 3.05) is 90.4 Å². The van der Waals surface area contributed by atoms with Crippen LogP contribution in [0, 0.1) is 6.92 Å². The minimum absolute atomic E-state index is 0.213. The Kier molecular flexibility index (Phi) is 11.3. The van der Waals surface area contributed by atoms with Gasteiger partial charge in [-0.25, -0.2) is 0 Å². The highest BCUT2D eigenvalue weighted by Gasteiger charge is 2.29. The highest BCUT2D eigenvalue weighted by atomic mass is 17.4. The van der Waals surface area contributed by atoms with E-state index < -0.39 is 12.6 Å². The summed E-state index contributed by atoms with van der Waals surface area (Å²) in [6, 6.07) is 35.5. The van der Waals surface area contributed by atoms with Gasteiger partial charge in [0.25, 0.3) is 5.91 Å². The Morgan fingerprint density at radius 2 is 1.00 bits per heavy atom. The lowest BCUT2D eigenvalue weighted by Crippen LogP contribution is -2.48. The molecule has 0 aliphatic carbocycles. The predicted octanol–water partition coefficient (Wildman–Crippen LogP) is 5.28. The minimum Gasteiger partial charge on any atom is -0.368 e. The van der Waals surface area contributed by atoms with Gasteiger partial charge in [0.15, 0.2) is 0 Å². The summed E-state index contributed by atoms with van der Waals surface area (Å²) in [7, 11) is 0. The molecule has 1 aromatic heterocycles. The third-order valence-corrected chi connectivity index (χ3v) is 9.93. The van der Waals surface area contributed by atoms with E-state index in [9.17, 15) is 4.79 Å². The summed E-state index contributed by atoms with van der Waals surface area (Å²) in [4.78, 5) is 58.7. The van der Waals surface area contributed by atoms with Crippen LogP contribution in [0.15, 0.2) is 109 Å². The quantitative estimate of drug-likeness (QED) is 0.135. The molecule has 14 heteroatoms. The second-order valence-corrected chi connectivity index (χ2v) is 13.6. The predicted molar refractivity (Wildman–Crippen MR) is 210 cm³/mol. The van der Waals surface area contributed by atoms with E-state index in [1.807, 2.05) is 43.3 Å². The molecule has 3 aliphatic heterocycles. The van der Waals surface area contributed by atoms with Gasteiger partial charge in [0.1, 0.15) is 0 Å². The van der Waals surface area contributed by atoms with E-state index in [0.717, 1.165) is 63.5 Å². The number of nitrogens with zero attached hydrogens (tertiary/aromatic N) is 7. The van der Waals surface area contributed by atoms with Crippen LogP contribution in [-0.4, -0.2) is 86.3 Å². The zero-order valence-electron chi connectivity index (χ0n) is 30.8. The fourth-order valence-electron chi connectivity index (χ4n) is 6.75. The lowest BCUT2D eigenvalue weighted by atomic mass is 10.1. The van der Waals surface area contributed by atoms with Gasteiger partial charge < -0.3 is 30.2 Å². The van der Waals surface area contributed by atoms with Crippen molar-refractivity contribution < 1.29 is 24.3 Å². The van der Waals surface area contributed by atoms with Gasteiger partial charge in [-0.1, -0.05) is 78.4 Å². The van der Waals surface area contributed by atoms with Crippen LogP contribution in [0.4, 0.5) is 29.2 Å². The molecule has 0 bridgehead atoms. The summed E-state index contributed by atoms with van der Waals surface area (Å²) >= 11 is 0. The molecule has 0 atom stereocenters. The van der Waals surface area contributed by atoms with Crippen molar-refractivity contribution >= 4 is 35.1 Å². The van der Waals surface area contributed by atoms with E-state index in [1.54, 1.807) is 24.3 Å². The van der Waals surface area contributed by atoms with Crippen molar-refractivity contribution in [1.29, 1.82) is 0 Å². The molecule has 4 aromatic carbocycles. The molecular formula is C41H45N9O5. The molecule has 3 aliphatic rings. The molecule has 0 spiro atoms. The Bertz CT molecular complexity index is 1910. The molecule has 0 saturated carbocycles. The SMILES string of the molecule is Cc1ccc(C2OOC(c3ccc(C(=O)NCCNc4nc(N5CCN(c6ccccc6)CC5)nc(N5CCN(c6ccccc6)CC5)n4)cc3)OO2)cc1. The number of hydrogen-bond donors (Lipinski definition) is 2. The van der Waals surface area contributed by atoms with Crippen LogP contribution in [0.2, 0.25) is 0 Å². The molecule has 4 heterocycles. The maximum atomic E-state index is 13.0. The normalized spacial score (nSPS) is 18.9. The molecule has 3 saturated heterocycles. The third-order valence-electron chi connectivity index (χ3n) is 9.93. The average Bonchev–Trinajstić information content (AvgIpc) is 3.26. The van der Waals surface area contributed by atoms with Gasteiger partial charge in [-0.2, -0.15) is 34.5 Å². The molecule has 55 heavy (non-hydrogen) atoms. The van der Waals surface area contributed by atoms with Crippen LogP contribution in [0.25, 0.3) is 0 Å². The van der Waals surface area contributed by atoms with Gasteiger partial charge in [0.05, 0.1) is 0 Å². The number of aryl methyl sites for hydroxylation is 1. The van der Waals surface area contributed by atoms with E-state index in [0.29, 0.717) is 42.1 Å². The molecule has 0 radical (unpaired) electrons. The topological polar surface area (TPSA) is 130 Å². The van der Waals surface area contributed by atoms with E-state index >= 15 is 0 Å². The fraction of sp³-hybridized carbons (Fsp3) is 0.317. The number of nitrogens with one attached hydrogen (secondary N) is 2. The highest BCUT2D eigenvalue weighted by Crippen LogP contribution is 2.32. The second-order valence-electron chi connectivity index (χ2n) is 13.6. The molecule has 5 aromatic rings. The van der Waals surface area contributed by atoms with E-state index in [2.05, 4.69) is 78.8 Å². The molecule has 284 valence electrons. The number of anilines is 5. The summed E-state index contributed by atoms with van der Waals surface area (Å²) < 4.78 is 0. The Hall–Kier alpha value is -5.80. The minimum atomic E-state index is -0.890. The first-order valence-electron chi connectivity index (χ1n) is 18.7. The number of carbonyl (C=O) groups is 1. The van der Waals surface area contributed by atoms with Crippen molar-refractivity contribution in [2.24, 2.45) is 0 Å². The monoisotopic (exact) mass is 743 g/mol. The number of hydrogen-bond acceptors (Lipinski definition) is 13. The standard InChI is InChI=1S/C41H45N9O5/c1-30-12-14-32(15-13-30)37-52-54-38(55-53-37)33-18-16-31(17-19-33)36(51)42-20-21-43-39-44-40(49-26-22-47(23-27-49)34-8-4-2-5-9-34)46-41(45-39)50-28-24-48(25-29-50)35-10-6-3-7-11-35/h2-19,37-38H,20-29H2,1H3,(H,42,51)(H,43,44,45,46). The van der Waals surface area contributed by atoms with Gasteiger partial charge in [-0.3, -0.25) is 4.79 Å². The number of amides is 1. The lowest BCUT2D eigenvalue weighted by Gasteiger charge is -2.38. The van der Waals surface area contributed by atoms with E-state index in [-0.39, 0.29) is 5.91 Å². The van der Waals surface area contributed by atoms with Gasteiger partial charge in [0.2, 0.25) is 30.4 Å². The summed E-state index contributed by atoms with van der Waals surface area (Å²) in [5.74, 6) is 1.58.